The number of aromatic nitrogens is 1. The van der Waals surface area contributed by atoms with Gasteiger partial charge in [0.2, 0.25) is 0 Å². The average Bonchev–Trinajstić information content (AvgIpc) is 2.19. The molecule has 1 aliphatic heterocycles. The molecule has 1 saturated heterocycles. The zero-order chi connectivity index (χ0) is 9.97. The third kappa shape index (κ3) is 2.23. The summed E-state index contributed by atoms with van der Waals surface area (Å²) in [7, 11) is 0. The molecule has 0 atom stereocenters. The van der Waals surface area contributed by atoms with Crippen molar-refractivity contribution in [1.82, 2.24) is 4.98 Å². The Balaban J connectivity index is 2.08. The van der Waals surface area contributed by atoms with Crippen molar-refractivity contribution in [3.63, 3.8) is 0 Å². The molecule has 1 aliphatic rings. The summed E-state index contributed by atoms with van der Waals surface area (Å²) in [5.41, 5.74) is 1.08. The molecular formula is C10H12BrFN2. The van der Waals surface area contributed by atoms with Crippen molar-refractivity contribution in [2.45, 2.75) is 19.0 Å². The molecule has 4 heteroatoms. The van der Waals surface area contributed by atoms with E-state index in [1.54, 1.807) is 6.20 Å². The number of nitrogens with zero attached hydrogens (tertiary/aromatic N) is 2. The van der Waals surface area contributed by atoms with Crippen LogP contribution in [0.4, 0.5) is 10.1 Å². The predicted octanol–water partition coefficient (Wildman–Crippen LogP) is 2.78. The monoisotopic (exact) mass is 258 g/mol. The highest BCUT2D eigenvalue weighted by atomic mass is 79.9. The first-order valence-electron chi connectivity index (χ1n) is 4.75. The molecule has 0 unspecified atom stereocenters. The Morgan fingerprint density at radius 1 is 1.36 bits per heavy atom. The van der Waals surface area contributed by atoms with Gasteiger partial charge in [-0.1, -0.05) is 0 Å². The van der Waals surface area contributed by atoms with Crippen LogP contribution in [0.5, 0.6) is 0 Å². The van der Waals surface area contributed by atoms with Crippen molar-refractivity contribution in [3.8, 4) is 0 Å². The highest BCUT2D eigenvalue weighted by molar-refractivity contribution is 9.10. The molecule has 1 aromatic heterocycles. The molecule has 0 aliphatic carbocycles. The molecule has 1 fully saturated rings. The van der Waals surface area contributed by atoms with Crippen LogP contribution in [0.15, 0.2) is 22.9 Å². The van der Waals surface area contributed by atoms with Gasteiger partial charge in [-0.25, -0.2) is 4.39 Å². The van der Waals surface area contributed by atoms with Crippen LogP contribution in [0.1, 0.15) is 12.8 Å². The fourth-order valence-corrected chi connectivity index (χ4v) is 2.03. The Kier molecular flexibility index (Phi) is 3.01. The van der Waals surface area contributed by atoms with E-state index in [1.165, 1.54) is 0 Å². The summed E-state index contributed by atoms with van der Waals surface area (Å²) in [6.45, 7) is 1.58. The van der Waals surface area contributed by atoms with Gasteiger partial charge < -0.3 is 4.90 Å². The summed E-state index contributed by atoms with van der Waals surface area (Å²) in [4.78, 5) is 6.27. The molecule has 0 aromatic carbocycles. The lowest BCUT2D eigenvalue weighted by atomic mass is 10.1. The Hall–Kier alpha value is -0.640. The molecule has 0 bridgehead atoms. The van der Waals surface area contributed by atoms with Gasteiger partial charge in [0.1, 0.15) is 6.17 Å². The van der Waals surface area contributed by atoms with E-state index in [9.17, 15) is 4.39 Å². The lowest BCUT2D eigenvalue weighted by Gasteiger charge is -2.30. The molecule has 0 saturated carbocycles. The summed E-state index contributed by atoms with van der Waals surface area (Å²) >= 11 is 3.38. The van der Waals surface area contributed by atoms with Crippen LogP contribution < -0.4 is 4.90 Å². The first-order valence-corrected chi connectivity index (χ1v) is 5.54. The molecule has 76 valence electrons. The van der Waals surface area contributed by atoms with Gasteiger partial charge in [0.15, 0.2) is 0 Å². The lowest BCUT2D eigenvalue weighted by molar-refractivity contribution is 0.277. The molecule has 2 rings (SSSR count). The fourth-order valence-electron chi connectivity index (χ4n) is 1.68. The van der Waals surface area contributed by atoms with Crippen molar-refractivity contribution >= 4 is 21.6 Å². The molecule has 2 heterocycles. The van der Waals surface area contributed by atoms with Crippen LogP contribution in [0.2, 0.25) is 0 Å². The van der Waals surface area contributed by atoms with E-state index in [0.29, 0.717) is 12.8 Å². The number of alkyl halides is 1. The number of hydrogen-bond acceptors (Lipinski definition) is 2. The standard InChI is InChI=1S/C10H12BrFN2/c11-8-5-10(7-13-6-8)14-3-1-9(12)2-4-14/h5-7,9H,1-4H2. The van der Waals surface area contributed by atoms with E-state index in [-0.39, 0.29) is 0 Å². The van der Waals surface area contributed by atoms with Gasteiger partial charge in [-0.15, -0.1) is 0 Å². The number of pyridine rings is 1. The van der Waals surface area contributed by atoms with Crippen LogP contribution >= 0.6 is 15.9 Å². The van der Waals surface area contributed by atoms with Gasteiger partial charge >= 0.3 is 0 Å². The molecule has 0 N–H and O–H groups in total. The van der Waals surface area contributed by atoms with Crippen molar-refractivity contribution in [3.05, 3.63) is 22.9 Å². The lowest BCUT2D eigenvalue weighted by Crippen LogP contribution is -2.34. The highest BCUT2D eigenvalue weighted by Gasteiger charge is 2.18. The van der Waals surface area contributed by atoms with E-state index >= 15 is 0 Å². The van der Waals surface area contributed by atoms with Crippen LogP contribution in [0.3, 0.4) is 0 Å². The number of halogens is 2. The third-order valence-corrected chi connectivity index (χ3v) is 2.91. The van der Waals surface area contributed by atoms with Gasteiger partial charge in [0.25, 0.3) is 0 Å². The Labute approximate surface area is 91.3 Å². The zero-order valence-electron chi connectivity index (χ0n) is 7.79. The molecule has 0 spiro atoms. The first-order chi connectivity index (χ1) is 6.75. The van der Waals surface area contributed by atoms with Crippen LogP contribution in [-0.2, 0) is 0 Å². The van der Waals surface area contributed by atoms with Crippen molar-refractivity contribution < 1.29 is 4.39 Å². The molecule has 0 radical (unpaired) electrons. The van der Waals surface area contributed by atoms with Crippen molar-refractivity contribution in [1.29, 1.82) is 0 Å². The Morgan fingerprint density at radius 3 is 2.71 bits per heavy atom. The topological polar surface area (TPSA) is 16.1 Å². The van der Waals surface area contributed by atoms with E-state index < -0.39 is 6.17 Å². The normalized spacial score (nSPS) is 18.6. The molecule has 2 nitrogen and oxygen atoms in total. The summed E-state index contributed by atoms with van der Waals surface area (Å²) in [5, 5.41) is 0. The number of piperidine rings is 1. The van der Waals surface area contributed by atoms with Gasteiger partial charge in [-0.2, -0.15) is 0 Å². The van der Waals surface area contributed by atoms with Crippen molar-refractivity contribution in [2.24, 2.45) is 0 Å². The SMILES string of the molecule is FC1CCN(c2cncc(Br)c2)CC1. The van der Waals surface area contributed by atoms with E-state index in [1.807, 2.05) is 12.3 Å². The van der Waals surface area contributed by atoms with Gasteiger partial charge in [0.05, 0.1) is 11.9 Å². The van der Waals surface area contributed by atoms with E-state index in [4.69, 9.17) is 0 Å². The maximum Gasteiger partial charge on any atom is 0.103 e. The fraction of sp³-hybridized carbons (Fsp3) is 0.500. The van der Waals surface area contributed by atoms with Gasteiger partial charge in [-0.3, -0.25) is 4.98 Å². The highest BCUT2D eigenvalue weighted by Crippen LogP contribution is 2.22. The summed E-state index contributed by atoms with van der Waals surface area (Å²) in [6.07, 6.45) is 4.22. The Morgan fingerprint density at radius 2 is 2.07 bits per heavy atom. The molecule has 1 aromatic rings. The maximum atomic E-state index is 12.9. The average molecular weight is 259 g/mol. The minimum absolute atomic E-state index is 0.619. The first kappa shape index (κ1) is 9.90. The maximum absolute atomic E-state index is 12.9. The molecule has 14 heavy (non-hydrogen) atoms. The van der Waals surface area contributed by atoms with Crippen LogP contribution in [-0.4, -0.2) is 24.2 Å². The quantitative estimate of drug-likeness (QED) is 0.770. The second-order valence-electron chi connectivity index (χ2n) is 3.52. The van der Waals surface area contributed by atoms with E-state index in [0.717, 1.165) is 23.2 Å². The Bertz CT molecular complexity index is 311. The number of rotatable bonds is 1. The second-order valence-corrected chi connectivity index (χ2v) is 4.44. The second kappa shape index (κ2) is 4.26. The molecular weight excluding hydrogens is 247 g/mol. The predicted molar refractivity (Wildman–Crippen MR) is 58.3 cm³/mol. The summed E-state index contributed by atoms with van der Waals surface area (Å²) < 4.78 is 13.9. The van der Waals surface area contributed by atoms with Crippen LogP contribution in [0.25, 0.3) is 0 Å². The number of anilines is 1. The smallest absolute Gasteiger partial charge is 0.103 e. The third-order valence-electron chi connectivity index (χ3n) is 2.48. The minimum Gasteiger partial charge on any atom is -0.370 e. The van der Waals surface area contributed by atoms with Crippen LogP contribution in [0, 0.1) is 0 Å². The van der Waals surface area contributed by atoms with Crippen molar-refractivity contribution in [2.75, 3.05) is 18.0 Å². The summed E-state index contributed by atoms with van der Waals surface area (Å²) in [6, 6.07) is 2.02. The molecule has 0 amide bonds. The number of hydrogen-bond donors (Lipinski definition) is 0. The largest absolute Gasteiger partial charge is 0.370 e. The van der Waals surface area contributed by atoms with E-state index in [2.05, 4.69) is 25.8 Å². The minimum atomic E-state index is -0.619. The summed E-state index contributed by atoms with van der Waals surface area (Å²) in [5.74, 6) is 0. The van der Waals surface area contributed by atoms with Gasteiger partial charge in [-0.05, 0) is 34.8 Å². The van der Waals surface area contributed by atoms with Gasteiger partial charge in [0, 0.05) is 23.8 Å². The zero-order valence-corrected chi connectivity index (χ0v) is 9.37.